The van der Waals surface area contributed by atoms with E-state index in [1.54, 1.807) is 6.20 Å². The summed E-state index contributed by atoms with van der Waals surface area (Å²) in [5.74, 6) is 0.992. The third-order valence-electron chi connectivity index (χ3n) is 4.45. The number of aryl methyl sites for hydroxylation is 1. The largest absolute Gasteiger partial charge is 0.352 e. The standard InChI is InChI=1S/C19H24N4O/c1-14-22-13-17(18(23-14)16-8-10-20-11-9-16)19(24)21-12-7-15-5-3-2-4-6-15/h2-6,13,16,20H,7-12H2,1H3,(H,21,24). The average Bonchev–Trinajstić information content (AvgIpc) is 2.63. The van der Waals surface area contributed by atoms with Gasteiger partial charge in [-0.25, -0.2) is 9.97 Å². The van der Waals surface area contributed by atoms with Crippen molar-refractivity contribution in [3.8, 4) is 0 Å². The lowest BCUT2D eigenvalue weighted by molar-refractivity contribution is 0.0951. The maximum Gasteiger partial charge on any atom is 0.254 e. The third kappa shape index (κ3) is 4.17. The number of nitrogens with one attached hydrogen (secondary N) is 2. The highest BCUT2D eigenvalue weighted by atomic mass is 16.1. The van der Waals surface area contributed by atoms with Gasteiger partial charge < -0.3 is 10.6 Å². The molecule has 3 rings (SSSR count). The zero-order valence-corrected chi connectivity index (χ0v) is 14.1. The average molecular weight is 324 g/mol. The molecule has 2 heterocycles. The van der Waals surface area contributed by atoms with Gasteiger partial charge in [0.25, 0.3) is 5.91 Å². The molecule has 0 saturated carbocycles. The van der Waals surface area contributed by atoms with E-state index in [1.807, 2.05) is 25.1 Å². The molecule has 5 nitrogen and oxygen atoms in total. The van der Waals surface area contributed by atoms with Crippen LogP contribution in [0.25, 0.3) is 0 Å². The molecule has 0 radical (unpaired) electrons. The fourth-order valence-electron chi connectivity index (χ4n) is 3.13. The number of carbonyl (C=O) groups is 1. The van der Waals surface area contributed by atoms with Gasteiger partial charge in [0.15, 0.2) is 0 Å². The lowest BCUT2D eigenvalue weighted by Gasteiger charge is -2.24. The van der Waals surface area contributed by atoms with Gasteiger partial charge in [-0.2, -0.15) is 0 Å². The van der Waals surface area contributed by atoms with E-state index in [0.29, 0.717) is 18.0 Å². The highest BCUT2D eigenvalue weighted by molar-refractivity contribution is 5.95. The summed E-state index contributed by atoms with van der Waals surface area (Å²) in [6, 6.07) is 10.2. The zero-order chi connectivity index (χ0) is 16.8. The summed E-state index contributed by atoms with van der Waals surface area (Å²) in [6.07, 6.45) is 4.53. The minimum Gasteiger partial charge on any atom is -0.352 e. The number of nitrogens with zero attached hydrogens (tertiary/aromatic N) is 2. The van der Waals surface area contributed by atoms with Gasteiger partial charge in [0.1, 0.15) is 5.82 Å². The minimum absolute atomic E-state index is 0.0699. The van der Waals surface area contributed by atoms with Gasteiger partial charge in [-0.15, -0.1) is 0 Å². The molecule has 1 amide bonds. The molecule has 0 spiro atoms. The summed E-state index contributed by atoms with van der Waals surface area (Å²) < 4.78 is 0. The van der Waals surface area contributed by atoms with Crippen molar-refractivity contribution >= 4 is 5.91 Å². The highest BCUT2D eigenvalue weighted by Gasteiger charge is 2.23. The number of rotatable bonds is 5. The van der Waals surface area contributed by atoms with Crippen LogP contribution in [0.1, 0.15) is 46.2 Å². The monoisotopic (exact) mass is 324 g/mol. The Bertz CT molecular complexity index is 681. The van der Waals surface area contributed by atoms with E-state index in [9.17, 15) is 4.79 Å². The Labute approximate surface area is 142 Å². The second kappa shape index (κ2) is 8.02. The first kappa shape index (κ1) is 16.6. The van der Waals surface area contributed by atoms with E-state index in [2.05, 4.69) is 32.7 Å². The second-order valence-corrected chi connectivity index (χ2v) is 6.23. The number of piperidine rings is 1. The molecular weight excluding hydrogens is 300 g/mol. The van der Waals surface area contributed by atoms with E-state index in [-0.39, 0.29) is 5.91 Å². The van der Waals surface area contributed by atoms with Crippen molar-refractivity contribution in [1.82, 2.24) is 20.6 Å². The predicted octanol–water partition coefficient (Wildman–Crippen LogP) is 2.22. The summed E-state index contributed by atoms with van der Waals surface area (Å²) in [5.41, 5.74) is 2.75. The van der Waals surface area contributed by atoms with Crippen molar-refractivity contribution in [3.63, 3.8) is 0 Å². The Morgan fingerprint density at radius 2 is 2.00 bits per heavy atom. The van der Waals surface area contributed by atoms with Crippen LogP contribution in [-0.4, -0.2) is 35.5 Å². The van der Waals surface area contributed by atoms with Crippen molar-refractivity contribution in [2.45, 2.75) is 32.1 Å². The molecule has 1 aromatic carbocycles. The van der Waals surface area contributed by atoms with Gasteiger partial charge in [-0.05, 0) is 44.8 Å². The van der Waals surface area contributed by atoms with Crippen LogP contribution in [0, 0.1) is 6.92 Å². The van der Waals surface area contributed by atoms with Crippen LogP contribution in [0.2, 0.25) is 0 Å². The number of benzene rings is 1. The molecule has 1 aromatic heterocycles. The van der Waals surface area contributed by atoms with Crippen LogP contribution in [0.3, 0.4) is 0 Å². The molecule has 2 aromatic rings. The van der Waals surface area contributed by atoms with Crippen LogP contribution in [-0.2, 0) is 6.42 Å². The van der Waals surface area contributed by atoms with Crippen LogP contribution in [0.15, 0.2) is 36.5 Å². The van der Waals surface area contributed by atoms with Gasteiger partial charge in [-0.1, -0.05) is 30.3 Å². The minimum atomic E-state index is -0.0699. The lowest BCUT2D eigenvalue weighted by Crippen LogP contribution is -2.31. The molecular formula is C19H24N4O. The summed E-state index contributed by atoms with van der Waals surface area (Å²) in [4.78, 5) is 21.4. The van der Waals surface area contributed by atoms with Gasteiger partial charge in [0, 0.05) is 18.7 Å². The Balaban J connectivity index is 1.67. The van der Waals surface area contributed by atoms with Crippen molar-refractivity contribution in [2.75, 3.05) is 19.6 Å². The molecule has 0 bridgehead atoms. The topological polar surface area (TPSA) is 66.9 Å². The van der Waals surface area contributed by atoms with Crippen molar-refractivity contribution in [2.24, 2.45) is 0 Å². The second-order valence-electron chi connectivity index (χ2n) is 6.23. The number of aromatic nitrogens is 2. The first-order valence-corrected chi connectivity index (χ1v) is 8.60. The van der Waals surface area contributed by atoms with E-state index >= 15 is 0 Å². The molecule has 1 aliphatic rings. The van der Waals surface area contributed by atoms with E-state index < -0.39 is 0 Å². The predicted molar refractivity (Wildman–Crippen MR) is 94.1 cm³/mol. The fourth-order valence-corrected chi connectivity index (χ4v) is 3.13. The van der Waals surface area contributed by atoms with Gasteiger partial charge in [0.05, 0.1) is 11.3 Å². The molecule has 2 N–H and O–H groups in total. The van der Waals surface area contributed by atoms with Crippen LogP contribution in [0.4, 0.5) is 0 Å². The Morgan fingerprint density at radius 1 is 1.25 bits per heavy atom. The normalized spacial score (nSPS) is 15.2. The molecule has 0 atom stereocenters. The first-order chi connectivity index (χ1) is 11.7. The Kier molecular flexibility index (Phi) is 5.54. The molecule has 126 valence electrons. The number of carbonyl (C=O) groups excluding carboxylic acids is 1. The molecule has 0 aliphatic carbocycles. The number of hydrogen-bond donors (Lipinski definition) is 2. The van der Waals surface area contributed by atoms with Crippen molar-refractivity contribution in [3.05, 3.63) is 59.2 Å². The van der Waals surface area contributed by atoms with Crippen molar-refractivity contribution < 1.29 is 4.79 Å². The van der Waals surface area contributed by atoms with Crippen LogP contribution in [0.5, 0.6) is 0 Å². The van der Waals surface area contributed by atoms with E-state index in [0.717, 1.165) is 43.9 Å². The lowest BCUT2D eigenvalue weighted by atomic mass is 9.91. The van der Waals surface area contributed by atoms with Gasteiger partial charge >= 0.3 is 0 Å². The summed E-state index contributed by atoms with van der Waals surface area (Å²) >= 11 is 0. The number of amides is 1. The Morgan fingerprint density at radius 3 is 2.75 bits per heavy atom. The maximum atomic E-state index is 12.6. The van der Waals surface area contributed by atoms with Crippen LogP contribution >= 0.6 is 0 Å². The van der Waals surface area contributed by atoms with Crippen molar-refractivity contribution in [1.29, 1.82) is 0 Å². The fraction of sp³-hybridized carbons (Fsp3) is 0.421. The van der Waals surface area contributed by atoms with Gasteiger partial charge in [0.2, 0.25) is 0 Å². The zero-order valence-electron chi connectivity index (χ0n) is 14.1. The third-order valence-corrected chi connectivity index (χ3v) is 4.45. The summed E-state index contributed by atoms with van der Waals surface area (Å²) in [5, 5.41) is 6.37. The summed E-state index contributed by atoms with van der Waals surface area (Å²) in [7, 11) is 0. The van der Waals surface area contributed by atoms with Gasteiger partial charge in [-0.3, -0.25) is 4.79 Å². The smallest absolute Gasteiger partial charge is 0.254 e. The molecule has 5 heteroatoms. The maximum absolute atomic E-state index is 12.6. The summed E-state index contributed by atoms with van der Waals surface area (Å²) in [6.45, 7) is 4.44. The molecule has 0 unspecified atom stereocenters. The molecule has 1 aliphatic heterocycles. The number of hydrogen-bond acceptors (Lipinski definition) is 4. The first-order valence-electron chi connectivity index (χ1n) is 8.60. The van der Waals surface area contributed by atoms with E-state index in [1.165, 1.54) is 5.56 Å². The SMILES string of the molecule is Cc1ncc(C(=O)NCCc2ccccc2)c(C2CCNCC2)n1. The quantitative estimate of drug-likeness (QED) is 0.885. The molecule has 1 saturated heterocycles. The van der Waals surface area contributed by atoms with E-state index in [4.69, 9.17) is 0 Å². The molecule has 1 fully saturated rings. The van der Waals surface area contributed by atoms with Crippen LogP contribution < -0.4 is 10.6 Å². The Hall–Kier alpha value is -2.27. The highest BCUT2D eigenvalue weighted by Crippen LogP contribution is 2.26. The molecule has 24 heavy (non-hydrogen) atoms.